The van der Waals surface area contributed by atoms with Crippen molar-refractivity contribution in [3.63, 3.8) is 0 Å². The molecule has 6 nitrogen and oxygen atoms in total. The fourth-order valence-corrected chi connectivity index (χ4v) is 3.39. The Balaban J connectivity index is 1.50. The maximum Gasteiger partial charge on any atom is 0.453 e. The predicted molar refractivity (Wildman–Crippen MR) is 94.5 cm³/mol. The SMILES string of the molecule is Cc1ccccc1CN1CCN(c2ccnn3c(C(F)(F)F)nnc23)CC1. The number of aromatic nitrogens is 4. The molecule has 0 radical (unpaired) electrons. The summed E-state index contributed by atoms with van der Waals surface area (Å²) in [5, 5.41) is 10.8. The molecule has 0 spiro atoms. The number of aryl methyl sites for hydroxylation is 1. The lowest BCUT2D eigenvalue weighted by Crippen LogP contribution is -2.46. The molecule has 0 amide bonds. The summed E-state index contributed by atoms with van der Waals surface area (Å²) in [7, 11) is 0. The molecule has 0 unspecified atom stereocenters. The Morgan fingerprint density at radius 2 is 1.74 bits per heavy atom. The van der Waals surface area contributed by atoms with Crippen molar-refractivity contribution in [1.29, 1.82) is 0 Å². The van der Waals surface area contributed by atoms with Gasteiger partial charge < -0.3 is 4.90 Å². The number of piperazine rings is 1. The van der Waals surface area contributed by atoms with Crippen LogP contribution in [-0.2, 0) is 12.7 Å². The van der Waals surface area contributed by atoms with E-state index in [1.165, 1.54) is 17.3 Å². The molecule has 3 aromatic rings. The number of rotatable bonds is 3. The average molecular weight is 376 g/mol. The van der Waals surface area contributed by atoms with E-state index in [1.54, 1.807) is 6.07 Å². The highest BCUT2D eigenvalue weighted by atomic mass is 19.4. The zero-order chi connectivity index (χ0) is 19.0. The highest BCUT2D eigenvalue weighted by molar-refractivity contribution is 5.68. The minimum Gasteiger partial charge on any atom is -0.366 e. The summed E-state index contributed by atoms with van der Waals surface area (Å²) in [6.07, 6.45) is -3.22. The predicted octanol–water partition coefficient (Wildman–Crippen LogP) is 2.77. The fourth-order valence-electron chi connectivity index (χ4n) is 3.39. The molecule has 9 heteroatoms. The van der Waals surface area contributed by atoms with Crippen LogP contribution in [0.15, 0.2) is 36.5 Å². The van der Waals surface area contributed by atoms with Crippen LogP contribution in [0.3, 0.4) is 0 Å². The Kier molecular flexibility index (Phi) is 4.47. The Hall–Kier alpha value is -2.68. The number of hydrogen-bond donors (Lipinski definition) is 0. The van der Waals surface area contributed by atoms with E-state index in [9.17, 15) is 13.2 Å². The summed E-state index contributed by atoms with van der Waals surface area (Å²) in [5.74, 6) is -1.10. The molecule has 1 aliphatic heterocycles. The Morgan fingerprint density at radius 1 is 1.00 bits per heavy atom. The first-order valence-corrected chi connectivity index (χ1v) is 8.73. The van der Waals surface area contributed by atoms with Crippen LogP contribution in [0.4, 0.5) is 18.9 Å². The molecule has 1 aliphatic rings. The van der Waals surface area contributed by atoms with Crippen molar-refractivity contribution < 1.29 is 13.2 Å². The van der Waals surface area contributed by atoms with Crippen molar-refractivity contribution in [3.05, 3.63) is 53.5 Å². The van der Waals surface area contributed by atoms with Crippen molar-refractivity contribution in [2.24, 2.45) is 0 Å². The minimum absolute atomic E-state index is 0.136. The van der Waals surface area contributed by atoms with Crippen LogP contribution in [0, 0.1) is 6.92 Å². The molecule has 0 atom stereocenters. The lowest BCUT2D eigenvalue weighted by molar-refractivity contribution is -0.146. The Bertz CT molecular complexity index is 944. The van der Waals surface area contributed by atoms with Crippen LogP contribution in [0.5, 0.6) is 0 Å². The fraction of sp³-hybridized carbons (Fsp3) is 0.389. The van der Waals surface area contributed by atoms with Gasteiger partial charge in [0.15, 0.2) is 0 Å². The zero-order valence-corrected chi connectivity index (χ0v) is 14.8. The van der Waals surface area contributed by atoms with Gasteiger partial charge in [-0.1, -0.05) is 24.3 Å². The van der Waals surface area contributed by atoms with Gasteiger partial charge in [-0.15, -0.1) is 10.2 Å². The molecule has 1 saturated heterocycles. The molecule has 1 aromatic carbocycles. The first-order valence-electron chi connectivity index (χ1n) is 8.73. The average Bonchev–Trinajstić information content (AvgIpc) is 3.09. The van der Waals surface area contributed by atoms with Gasteiger partial charge in [0.25, 0.3) is 5.82 Å². The largest absolute Gasteiger partial charge is 0.453 e. The summed E-state index contributed by atoms with van der Waals surface area (Å²) in [6.45, 7) is 6.03. The van der Waals surface area contributed by atoms with Crippen LogP contribution >= 0.6 is 0 Å². The number of halogens is 3. The number of hydrogen-bond acceptors (Lipinski definition) is 5. The second-order valence-electron chi connectivity index (χ2n) is 6.66. The highest BCUT2D eigenvalue weighted by Gasteiger charge is 2.38. The molecule has 2 aromatic heterocycles. The summed E-state index contributed by atoms with van der Waals surface area (Å²) in [6, 6.07) is 9.99. The van der Waals surface area contributed by atoms with Crippen molar-refractivity contribution in [2.45, 2.75) is 19.6 Å². The van der Waals surface area contributed by atoms with E-state index in [1.807, 2.05) is 17.0 Å². The second-order valence-corrected chi connectivity index (χ2v) is 6.66. The Labute approximate surface area is 154 Å². The van der Waals surface area contributed by atoms with Gasteiger partial charge in [0.2, 0.25) is 5.65 Å². The van der Waals surface area contributed by atoms with Crippen LogP contribution in [0.2, 0.25) is 0 Å². The maximum absolute atomic E-state index is 13.0. The van der Waals surface area contributed by atoms with Gasteiger partial charge in [0, 0.05) is 32.7 Å². The smallest absolute Gasteiger partial charge is 0.366 e. The van der Waals surface area contributed by atoms with Gasteiger partial charge in [-0.25, -0.2) is 0 Å². The van der Waals surface area contributed by atoms with E-state index >= 15 is 0 Å². The molecular formula is C18H19F3N6. The maximum atomic E-state index is 13.0. The molecule has 142 valence electrons. The van der Waals surface area contributed by atoms with Gasteiger partial charge in [0.05, 0.1) is 11.9 Å². The van der Waals surface area contributed by atoms with Gasteiger partial charge in [0.1, 0.15) is 0 Å². The van der Waals surface area contributed by atoms with Crippen LogP contribution < -0.4 is 4.90 Å². The summed E-state index contributed by atoms with van der Waals surface area (Å²) >= 11 is 0. The number of alkyl halides is 3. The van der Waals surface area contributed by atoms with E-state index in [2.05, 4.69) is 39.3 Å². The van der Waals surface area contributed by atoms with E-state index in [4.69, 9.17) is 0 Å². The van der Waals surface area contributed by atoms with Crippen molar-refractivity contribution in [2.75, 3.05) is 31.1 Å². The summed E-state index contributed by atoms with van der Waals surface area (Å²) < 4.78 is 39.9. The van der Waals surface area contributed by atoms with Crippen molar-refractivity contribution >= 4 is 11.3 Å². The standard InChI is InChI=1S/C18H19F3N6/c1-13-4-2-3-5-14(13)12-25-8-10-26(11-9-25)15-6-7-22-27-16(15)23-24-17(27)18(19,20)21/h2-7H,8-12H2,1H3. The molecule has 3 heterocycles. The molecule has 1 fully saturated rings. The molecule has 27 heavy (non-hydrogen) atoms. The van der Waals surface area contributed by atoms with E-state index in [0.29, 0.717) is 18.8 Å². The lowest BCUT2D eigenvalue weighted by Gasteiger charge is -2.36. The van der Waals surface area contributed by atoms with Gasteiger partial charge in [-0.3, -0.25) is 4.90 Å². The first-order chi connectivity index (χ1) is 12.9. The molecule has 0 bridgehead atoms. The monoisotopic (exact) mass is 376 g/mol. The number of anilines is 1. The van der Waals surface area contributed by atoms with Crippen LogP contribution in [0.1, 0.15) is 17.0 Å². The molecule has 0 N–H and O–H groups in total. The van der Waals surface area contributed by atoms with Crippen LogP contribution in [0.25, 0.3) is 5.65 Å². The number of fused-ring (bicyclic) bond motifs is 1. The van der Waals surface area contributed by atoms with Gasteiger partial charge in [-0.2, -0.15) is 22.8 Å². The normalized spacial score (nSPS) is 16.2. The van der Waals surface area contributed by atoms with Crippen molar-refractivity contribution in [1.82, 2.24) is 24.7 Å². The molecule has 4 rings (SSSR count). The summed E-state index contributed by atoms with van der Waals surface area (Å²) in [4.78, 5) is 4.39. The zero-order valence-electron chi connectivity index (χ0n) is 14.8. The lowest BCUT2D eigenvalue weighted by atomic mass is 10.1. The Morgan fingerprint density at radius 3 is 2.44 bits per heavy atom. The van der Waals surface area contributed by atoms with Gasteiger partial charge in [-0.05, 0) is 24.1 Å². The second kappa shape index (κ2) is 6.80. The minimum atomic E-state index is -4.59. The third-order valence-electron chi connectivity index (χ3n) is 4.91. The topological polar surface area (TPSA) is 49.6 Å². The van der Waals surface area contributed by atoms with Crippen LogP contribution in [-0.4, -0.2) is 50.9 Å². The highest BCUT2D eigenvalue weighted by Crippen LogP contribution is 2.30. The molecular weight excluding hydrogens is 357 g/mol. The summed E-state index contributed by atoms with van der Waals surface area (Å²) in [5.41, 5.74) is 3.32. The number of nitrogens with zero attached hydrogens (tertiary/aromatic N) is 6. The van der Waals surface area contributed by atoms with Crippen molar-refractivity contribution in [3.8, 4) is 0 Å². The third-order valence-corrected chi connectivity index (χ3v) is 4.91. The molecule has 0 saturated carbocycles. The first kappa shape index (κ1) is 17.7. The third kappa shape index (κ3) is 3.46. The van der Waals surface area contributed by atoms with E-state index in [0.717, 1.165) is 24.1 Å². The van der Waals surface area contributed by atoms with E-state index < -0.39 is 12.0 Å². The molecule has 0 aliphatic carbocycles. The van der Waals surface area contributed by atoms with Gasteiger partial charge >= 0.3 is 6.18 Å². The van der Waals surface area contributed by atoms with E-state index in [-0.39, 0.29) is 5.65 Å². The quantitative estimate of drug-likeness (QED) is 0.704. The number of benzene rings is 1.